The van der Waals surface area contributed by atoms with Gasteiger partial charge in [-0.05, 0) is 57.9 Å². The number of allylic oxidation sites excluding steroid dienone is 9. The molecule has 0 saturated carbocycles. The quantitative estimate of drug-likeness (QED) is 0.300. The Morgan fingerprint density at radius 2 is 1.92 bits per heavy atom. The van der Waals surface area contributed by atoms with E-state index in [1.54, 1.807) is 13.0 Å². The molecule has 36 heavy (non-hydrogen) atoms. The zero-order chi connectivity index (χ0) is 26.9. The average Bonchev–Trinajstić information content (AvgIpc) is 2.81. The van der Waals surface area contributed by atoms with Crippen molar-refractivity contribution in [2.75, 3.05) is 13.2 Å². The zero-order valence-corrected chi connectivity index (χ0v) is 23.1. The molecule has 0 radical (unpaired) electrons. The van der Waals surface area contributed by atoms with Gasteiger partial charge >= 0.3 is 5.97 Å². The molecule has 6 nitrogen and oxygen atoms in total. The molecule has 0 aromatic carbocycles. The predicted molar refractivity (Wildman–Crippen MR) is 143 cm³/mol. The van der Waals surface area contributed by atoms with Gasteiger partial charge in [0.2, 0.25) is 0 Å². The molecule has 1 fully saturated rings. The highest BCUT2D eigenvalue weighted by Gasteiger charge is 2.43. The summed E-state index contributed by atoms with van der Waals surface area (Å²) in [7, 11) is 0. The van der Waals surface area contributed by atoms with Crippen molar-refractivity contribution in [3.05, 3.63) is 58.7 Å². The molecule has 3 unspecified atom stereocenters. The van der Waals surface area contributed by atoms with E-state index in [-0.39, 0.29) is 24.4 Å². The van der Waals surface area contributed by atoms with Gasteiger partial charge < -0.3 is 24.4 Å². The molecule has 1 aliphatic carbocycles. The van der Waals surface area contributed by atoms with Gasteiger partial charge in [0, 0.05) is 12.5 Å². The number of esters is 1. The summed E-state index contributed by atoms with van der Waals surface area (Å²) in [6.45, 7) is 14.7. The van der Waals surface area contributed by atoms with Crippen LogP contribution in [0.2, 0.25) is 0 Å². The van der Waals surface area contributed by atoms with Crippen LogP contribution in [0.3, 0.4) is 0 Å². The van der Waals surface area contributed by atoms with Crippen LogP contribution in [0, 0.1) is 11.3 Å². The Balaban J connectivity index is 1.84. The number of carbonyl (C=O) groups excluding carboxylic acids is 1. The predicted octanol–water partition coefficient (Wildman–Crippen LogP) is 5.57. The summed E-state index contributed by atoms with van der Waals surface area (Å²) in [5.41, 5.74) is 5.27. The number of carbonyl (C=O) groups is 1. The van der Waals surface area contributed by atoms with E-state index >= 15 is 0 Å². The normalized spacial score (nSPS) is 29.9. The molecule has 2 aliphatic rings. The fourth-order valence-electron chi connectivity index (χ4n) is 4.83. The third-order valence-electron chi connectivity index (χ3n) is 7.13. The topological polar surface area (TPSA) is 85.2 Å². The summed E-state index contributed by atoms with van der Waals surface area (Å²) < 4.78 is 16.3. The summed E-state index contributed by atoms with van der Waals surface area (Å²) in [6, 6.07) is 0. The Labute approximate surface area is 217 Å². The van der Waals surface area contributed by atoms with Gasteiger partial charge in [-0.3, -0.25) is 4.79 Å². The minimum atomic E-state index is -1.08. The highest BCUT2D eigenvalue weighted by molar-refractivity contribution is 5.71. The Bertz CT molecular complexity index is 891. The number of rotatable bonds is 10. The zero-order valence-electron chi connectivity index (χ0n) is 23.1. The molecular formula is C30H46O6. The van der Waals surface area contributed by atoms with Crippen molar-refractivity contribution in [1.82, 2.24) is 0 Å². The molecule has 0 spiro atoms. The van der Waals surface area contributed by atoms with Crippen LogP contribution < -0.4 is 0 Å². The van der Waals surface area contributed by atoms with Crippen molar-refractivity contribution >= 4 is 5.97 Å². The van der Waals surface area contributed by atoms with Gasteiger partial charge in [0.15, 0.2) is 6.29 Å². The fourth-order valence-corrected chi connectivity index (χ4v) is 4.83. The minimum Gasteiger partial charge on any atom is -0.463 e. The monoisotopic (exact) mass is 502 g/mol. The Morgan fingerprint density at radius 3 is 2.58 bits per heavy atom. The van der Waals surface area contributed by atoms with Crippen LogP contribution in [0.5, 0.6) is 0 Å². The molecule has 0 bridgehead atoms. The number of aliphatic hydroxyl groups excluding tert-OH is 2. The van der Waals surface area contributed by atoms with E-state index in [1.165, 1.54) is 30.4 Å². The molecule has 6 heteroatoms. The molecule has 1 heterocycles. The van der Waals surface area contributed by atoms with E-state index in [0.29, 0.717) is 6.61 Å². The highest BCUT2D eigenvalue weighted by atomic mass is 16.6. The van der Waals surface area contributed by atoms with Crippen LogP contribution in [0.4, 0.5) is 0 Å². The van der Waals surface area contributed by atoms with Crippen molar-refractivity contribution < 1.29 is 29.2 Å². The lowest BCUT2D eigenvalue weighted by atomic mass is 9.72. The molecule has 1 aliphatic heterocycles. The van der Waals surface area contributed by atoms with Crippen molar-refractivity contribution in [2.45, 2.75) is 98.8 Å². The molecular weight excluding hydrogens is 456 g/mol. The minimum absolute atomic E-state index is 0.109. The van der Waals surface area contributed by atoms with Crippen LogP contribution in [-0.2, 0) is 19.0 Å². The van der Waals surface area contributed by atoms with Gasteiger partial charge in [0.05, 0.1) is 12.5 Å². The van der Waals surface area contributed by atoms with Gasteiger partial charge in [0.25, 0.3) is 0 Å². The maximum absolute atomic E-state index is 12.2. The molecule has 0 aromatic rings. The Kier molecular flexibility index (Phi) is 11.8. The number of ether oxygens (including phenoxy) is 3. The van der Waals surface area contributed by atoms with Crippen molar-refractivity contribution in [3.63, 3.8) is 0 Å². The summed E-state index contributed by atoms with van der Waals surface area (Å²) in [4.78, 5) is 12.2. The van der Waals surface area contributed by atoms with E-state index < -0.39 is 30.6 Å². The first-order chi connectivity index (χ1) is 17.0. The maximum atomic E-state index is 12.2. The summed E-state index contributed by atoms with van der Waals surface area (Å²) in [6.07, 6.45) is 12.5. The van der Waals surface area contributed by atoms with Gasteiger partial charge in [0.1, 0.15) is 18.8 Å². The van der Waals surface area contributed by atoms with E-state index in [9.17, 15) is 15.0 Å². The second kappa shape index (κ2) is 14.1. The van der Waals surface area contributed by atoms with Crippen LogP contribution in [0.25, 0.3) is 0 Å². The Morgan fingerprint density at radius 1 is 1.19 bits per heavy atom. The van der Waals surface area contributed by atoms with Crippen LogP contribution >= 0.6 is 0 Å². The van der Waals surface area contributed by atoms with E-state index in [4.69, 9.17) is 14.2 Å². The molecule has 1 saturated heterocycles. The molecule has 5 atom stereocenters. The fraction of sp³-hybridized carbons (Fsp3) is 0.633. The third-order valence-corrected chi connectivity index (χ3v) is 7.13. The third kappa shape index (κ3) is 8.84. The molecule has 0 amide bonds. The lowest BCUT2D eigenvalue weighted by Gasteiger charge is -2.41. The largest absolute Gasteiger partial charge is 0.463 e. The van der Waals surface area contributed by atoms with Crippen LogP contribution in [-0.4, -0.2) is 54.0 Å². The first-order valence-electron chi connectivity index (χ1n) is 13.1. The smallest absolute Gasteiger partial charge is 0.309 e. The first kappa shape index (κ1) is 30.2. The van der Waals surface area contributed by atoms with Crippen molar-refractivity contribution in [2.24, 2.45) is 11.3 Å². The lowest BCUT2D eigenvalue weighted by Crippen LogP contribution is -2.56. The van der Waals surface area contributed by atoms with Gasteiger partial charge in [-0.2, -0.15) is 0 Å². The van der Waals surface area contributed by atoms with Crippen molar-refractivity contribution in [3.8, 4) is 0 Å². The molecule has 2 rings (SSSR count). The summed E-state index contributed by atoms with van der Waals surface area (Å²) >= 11 is 0. The SMILES string of the molecule is CCO[C@@H]1C(C)C(O)OC(COC(=O)C/C=C(C)/C=C/C=C(C)/C=C/C2=C(C)CCCC2(C)C)[C@@H]1O. The summed E-state index contributed by atoms with van der Waals surface area (Å²) in [5, 5.41) is 20.6. The number of hydrogen-bond acceptors (Lipinski definition) is 6. The Hall–Kier alpha value is -1.99. The van der Waals surface area contributed by atoms with E-state index in [1.807, 2.05) is 26.0 Å². The second-order valence-corrected chi connectivity index (χ2v) is 10.7. The number of aliphatic hydroxyl groups is 2. The van der Waals surface area contributed by atoms with Gasteiger partial charge in [-0.1, -0.05) is 73.9 Å². The molecule has 202 valence electrons. The number of hydrogen-bond donors (Lipinski definition) is 2. The average molecular weight is 503 g/mol. The summed E-state index contributed by atoms with van der Waals surface area (Å²) in [5.74, 6) is -0.800. The van der Waals surface area contributed by atoms with E-state index in [2.05, 4.69) is 45.9 Å². The standard InChI is InChI=1S/C30H46O6/c1-8-34-28-23(5)29(33)36-25(27(28)32)19-35-26(31)17-15-21(3)12-9-11-20(2)14-16-24-22(4)13-10-18-30(24,6)7/h9,11-12,14-16,23,25,27-29,32-33H,8,10,13,17-19H2,1-7H3/b12-9+,16-14+,20-11+,21-15+/t23?,25?,27-,28+,29?/m0/s1. The van der Waals surface area contributed by atoms with Crippen LogP contribution in [0.1, 0.15) is 74.1 Å². The lowest BCUT2D eigenvalue weighted by molar-refractivity contribution is -0.275. The van der Waals surface area contributed by atoms with Gasteiger partial charge in [-0.25, -0.2) is 0 Å². The van der Waals surface area contributed by atoms with Crippen LogP contribution in [0.15, 0.2) is 58.7 Å². The van der Waals surface area contributed by atoms with Crippen molar-refractivity contribution in [1.29, 1.82) is 0 Å². The first-order valence-corrected chi connectivity index (χ1v) is 13.1. The second-order valence-electron chi connectivity index (χ2n) is 10.7. The van der Waals surface area contributed by atoms with E-state index in [0.717, 1.165) is 11.1 Å². The highest BCUT2D eigenvalue weighted by Crippen LogP contribution is 2.40. The molecule has 2 N–H and O–H groups in total. The van der Waals surface area contributed by atoms with Gasteiger partial charge in [-0.15, -0.1) is 0 Å². The maximum Gasteiger partial charge on any atom is 0.309 e. The molecule has 0 aromatic heterocycles.